The van der Waals surface area contributed by atoms with E-state index < -0.39 is 0 Å². The molecule has 0 amide bonds. The summed E-state index contributed by atoms with van der Waals surface area (Å²) >= 11 is 1.56. The number of aryl methyl sites for hydroxylation is 1. The third kappa shape index (κ3) is 3.32. The lowest BCUT2D eigenvalue weighted by molar-refractivity contribution is 0.414. The van der Waals surface area contributed by atoms with Crippen molar-refractivity contribution in [3.8, 4) is 17.2 Å². The van der Waals surface area contributed by atoms with Crippen LogP contribution in [0.1, 0.15) is 11.3 Å². The Labute approximate surface area is 148 Å². The van der Waals surface area contributed by atoms with Gasteiger partial charge in [-0.1, -0.05) is 40.7 Å². The molecule has 0 saturated carbocycles. The highest BCUT2D eigenvalue weighted by atomic mass is 32.2. The molecule has 6 nitrogen and oxygen atoms in total. The Balaban J connectivity index is 1.76. The lowest BCUT2D eigenvalue weighted by atomic mass is 10.2. The fourth-order valence-electron chi connectivity index (χ4n) is 2.40. The van der Waals surface area contributed by atoms with Crippen molar-refractivity contribution in [3.63, 3.8) is 0 Å². The van der Waals surface area contributed by atoms with Gasteiger partial charge in [0.15, 0.2) is 11.0 Å². The van der Waals surface area contributed by atoms with Crippen molar-refractivity contribution in [2.75, 3.05) is 0 Å². The van der Waals surface area contributed by atoms with Gasteiger partial charge in [0, 0.05) is 23.7 Å². The van der Waals surface area contributed by atoms with E-state index in [4.69, 9.17) is 4.52 Å². The molecule has 124 valence electrons. The average molecular weight is 349 g/mol. The van der Waals surface area contributed by atoms with Gasteiger partial charge in [-0.05, 0) is 31.2 Å². The zero-order valence-corrected chi connectivity index (χ0v) is 14.3. The lowest BCUT2D eigenvalue weighted by Crippen LogP contribution is -2.00. The van der Waals surface area contributed by atoms with Crippen LogP contribution in [0.2, 0.25) is 0 Å². The Morgan fingerprint density at radius 2 is 1.92 bits per heavy atom. The summed E-state index contributed by atoms with van der Waals surface area (Å²) in [7, 11) is 0. The molecule has 0 N–H and O–H groups in total. The average Bonchev–Trinajstić information content (AvgIpc) is 3.31. The Bertz CT molecular complexity index is 949. The smallest absolute Gasteiger partial charge is 0.196 e. The standard InChI is InChI=1S/C18H15N5OS/c1-13-5-7-15(8-6-13)23-17(16-4-2-3-10-19-16)20-21-18(23)25-12-14-9-11-24-22-14/h2-11H,12H2,1H3. The molecule has 0 saturated heterocycles. The molecular formula is C18H15N5OS. The van der Waals surface area contributed by atoms with Crippen molar-refractivity contribution in [3.05, 3.63) is 72.2 Å². The topological polar surface area (TPSA) is 69.6 Å². The van der Waals surface area contributed by atoms with E-state index in [-0.39, 0.29) is 0 Å². The van der Waals surface area contributed by atoms with Gasteiger partial charge in [0.2, 0.25) is 0 Å². The summed E-state index contributed by atoms with van der Waals surface area (Å²) in [5.41, 5.74) is 3.85. The molecule has 25 heavy (non-hydrogen) atoms. The van der Waals surface area contributed by atoms with Gasteiger partial charge in [-0.2, -0.15) is 0 Å². The third-order valence-electron chi connectivity index (χ3n) is 3.66. The molecule has 0 spiro atoms. The monoisotopic (exact) mass is 349 g/mol. The normalized spacial score (nSPS) is 10.9. The molecule has 0 unspecified atom stereocenters. The van der Waals surface area contributed by atoms with E-state index in [0.717, 1.165) is 22.2 Å². The van der Waals surface area contributed by atoms with Crippen molar-refractivity contribution in [2.24, 2.45) is 0 Å². The molecular weight excluding hydrogens is 334 g/mol. The molecule has 4 aromatic rings. The first-order chi connectivity index (χ1) is 12.3. The zero-order chi connectivity index (χ0) is 17.1. The minimum atomic E-state index is 0.655. The number of hydrogen-bond donors (Lipinski definition) is 0. The van der Waals surface area contributed by atoms with Crippen LogP contribution in [0.5, 0.6) is 0 Å². The maximum absolute atomic E-state index is 4.89. The summed E-state index contributed by atoms with van der Waals surface area (Å²) in [6.45, 7) is 2.07. The second-order valence-corrected chi connectivity index (χ2v) is 6.41. The van der Waals surface area contributed by atoms with Crippen LogP contribution in [0, 0.1) is 6.92 Å². The summed E-state index contributed by atoms with van der Waals surface area (Å²) in [6, 6.07) is 15.9. The molecule has 0 bridgehead atoms. The van der Waals surface area contributed by atoms with Crippen LogP contribution >= 0.6 is 11.8 Å². The van der Waals surface area contributed by atoms with Crippen LogP contribution in [0.3, 0.4) is 0 Å². The van der Waals surface area contributed by atoms with Crippen LogP contribution in [0.25, 0.3) is 17.2 Å². The maximum Gasteiger partial charge on any atom is 0.196 e. The van der Waals surface area contributed by atoms with Crippen LogP contribution in [-0.2, 0) is 5.75 Å². The van der Waals surface area contributed by atoms with E-state index in [0.29, 0.717) is 11.6 Å². The Morgan fingerprint density at radius 3 is 2.64 bits per heavy atom. The summed E-state index contributed by atoms with van der Waals surface area (Å²) in [6.07, 6.45) is 3.33. The van der Waals surface area contributed by atoms with E-state index in [1.807, 2.05) is 28.8 Å². The highest BCUT2D eigenvalue weighted by Crippen LogP contribution is 2.28. The molecule has 0 aliphatic heterocycles. The largest absolute Gasteiger partial charge is 0.364 e. The predicted molar refractivity (Wildman–Crippen MR) is 95.4 cm³/mol. The van der Waals surface area contributed by atoms with Gasteiger partial charge >= 0.3 is 0 Å². The number of hydrogen-bond acceptors (Lipinski definition) is 6. The van der Waals surface area contributed by atoms with Crippen molar-refractivity contribution < 1.29 is 4.52 Å². The van der Waals surface area contributed by atoms with E-state index >= 15 is 0 Å². The van der Waals surface area contributed by atoms with Gasteiger partial charge in [0.05, 0.1) is 5.69 Å². The van der Waals surface area contributed by atoms with Crippen molar-refractivity contribution in [1.29, 1.82) is 0 Å². The van der Waals surface area contributed by atoms with Gasteiger partial charge in [0.25, 0.3) is 0 Å². The Morgan fingerprint density at radius 1 is 1.04 bits per heavy atom. The second-order valence-electron chi connectivity index (χ2n) is 5.47. The number of benzene rings is 1. The first kappa shape index (κ1) is 15.6. The van der Waals surface area contributed by atoms with Gasteiger partial charge < -0.3 is 4.52 Å². The quantitative estimate of drug-likeness (QED) is 0.509. The molecule has 1 aromatic carbocycles. The number of pyridine rings is 1. The minimum absolute atomic E-state index is 0.655. The fourth-order valence-corrected chi connectivity index (χ4v) is 3.25. The van der Waals surface area contributed by atoms with Crippen molar-refractivity contribution in [2.45, 2.75) is 17.8 Å². The fraction of sp³-hybridized carbons (Fsp3) is 0.111. The lowest BCUT2D eigenvalue weighted by Gasteiger charge is -2.10. The molecule has 0 radical (unpaired) electrons. The summed E-state index contributed by atoms with van der Waals surface area (Å²) in [4.78, 5) is 4.42. The van der Waals surface area contributed by atoms with Crippen LogP contribution in [0.4, 0.5) is 0 Å². The third-order valence-corrected chi connectivity index (χ3v) is 4.62. The molecule has 7 heteroatoms. The van der Waals surface area contributed by atoms with E-state index in [9.17, 15) is 0 Å². The maximum atomic E-state index is 4.89. The minimum Gasteiger partial charge on any atom is -0.364 e. The predicted octanol–water partition coefficient (Wildman–Crippen LogP) is 3.92. The first-order valence-corrected chi connectivity index (χ1v) is 8.76. The highest BCUT2D eigenvalue weighted by Gasteiger charge is 2.17. The van der Waals surface area contributed by atoms with Gasteiger partial charge in [-0.25, -0.2) is 0 Å². The molecule has 0 fully saturated rings. The molecule has 0 aliphatic rings. The Kier molecular flexibility index (Phi) is 4.30. The number of nitrogens with zero attached hydrogens (tertiary/aromatic N) is 5. The zero-order valence-electron chi connectivity index (χ0n) is 13.5. The van der Waals surface area contributed by atoms with Gasteiger partial charge in [0.1, 0.15) is 12.0 Å². The van der Waals surface area contributed by atoms with E-state index in [1.165, 1.54) is 5.56 Å². The van der Waals surface area contributed by atoms with Gasteiger partial charge in [-0.15, -0.1) is 10.2 Å². The summed E-state index contributed by atoms with van der Waals surface area (Å²) in [5, 5.41) is 13.5. The second kappa shape index (κ2) is 6.90. The van der Waals surface area contributed by atoms with E-state index in [1.54, 1.807) is 24.2 Å². The van der Waals surface area contributed by atoms with Crippen molar-refractivity contribution in [1.82, 2.24) is 24.9 Å². The number of rotatable bonds is 5. The summed E-state index contributed by atoms with van der Waals surface area (Å²) < 4.78 is 6.91. The molecule has 3 aromatic heterocycles. The summed E-state index contributed by atoms with van der Waals surface area (Å²) in [5.74, 6) is 1.37. The Hall–Kier alpha value is -2.93. The van der Waals surface area contributed by atoms with Gasteiger partial charge in [-0.3, -0.25) is 9.55 Å². The van der Waals surface area contributed by atoms with Crippen LogP contribution in [0.15, 0.2) is 70.7 Å². The molecule has 3 heterocycles. The first-order valence-electron chi connectivity index (χ1n) is 7.77. The van der Waals surface area contributed by atoms with E-state index in [2.05, 4.69) is 51.5 Å². The molecule has 0 atom stereocenters. The number of thioether (sulfide) groups is 1. The van der Waals surface area contributed by atoms with Crippen LogP contribution < -0.4 is 0 Å². The molecule has 0 aliphatic carbocycles. The van der Waals surface area contributed by atoms with Crippen LogP contribution in [-0.4, -0.2) is 24.9 Å². The van der Waals surface area contributed by atoms with Crippen molar-refractivity contribution >= 4 is 11.8 Å². The highest BCUT2D eigenvalue weighted by molar-refractivity contribution is 7.98. The SMILES string of the molecule is Cc1ccc(-n2c(SCc3ccon3)nnc2-c2ccccn2)cc1. The number of aromatic nitrogens is 5. The molecule has 4 rings (SSSR count).